The summed E-state index contributed by atoms with van der Waals surface area (Å²) in [5, 5.41) is 0. The lowest BCUT2D eigenvalue weighted by atomic mass is 10.1. The molecule has 24 heavy (non-hydrogen) atoms. The van der Waals surface area contributed by atoms with Gasteiger partial charge < -0.3 is 14.2 Å². The number of hydrogen-bond acceptors (Lipinski definition) is 3. The van der Waals surface area contributed by atoms with Crippen molar-refractivity contribution in [3.63, 3.8) is 0 Å². The van der Waals surface area contributed by atoms with E-state index in [0.29, 0.717) is 6.61 Å². The summed E-state index contributed by atoms with van der Waals surface area (Å²) in [5.74, 6) is 2.42. The number of allylic oxidation sites excluding steroid dienone is 1. The first-order chi connectivity index (χ1) is 11.6. The van der Waals surface area contributed by atoms with Crippen LogP contribution in [-0.4, -0.2) is 20.8 Å². The van der Waals surface area contributed by atoms with Gasteiger partial charge in [-0.25, -0.2) is 0 Å². The second-order valence-electron chi connectivity index (χ2n) is 5.64. The summed E-state index contributed by atoms with van der Waals surface area (Å²) in [6.45, 7) is 4.72. The summed E-state index contributed by atoms with van der Waals surface area (Å²) in [6.07, 6.45) is 6.14. The molecule has 0 aliphatic carbocycles. The van der Waals surface area contributed by atoms with Gasteiger partial charge in [0.1, 0.15) is 23.9 Å². The van der Waals surface area contributed by atoms with E-state index in [4.69, 9.17) is 14.2 Å². The zero-order valence-electron chi connectivity index (χ0n) is 14.7. The van der Waals surface area contributed by atoms with Crippen LogP contribution in [0.4, 0.5) is 0 Å². The molecule has 0 unspecified atom stereocenters. The summed E-state index contributed by atoms with van der Waals surface area (Å²) >= 11 is 0. The Morgan fingerprint density at radius 2 is 1.38 bits per heavy atom. The fourth-order valence-corrected chi connectivity index (χ4v) is 2.10. The molecule has 0 bridgehead atoms. The monoisotopic (exact) mass is 324 g/mol. The molecule has 0 aliphatic heterocycles. The Hall–Kier alpha value is -2.68. The van der Waals surface area contributed by atoms with Gasteiger partial charge in [-0.15, -0.1) is 0 Å². The number of hydrogen-bond donors (Lipinski definition) is 0. The summed E-state index contributed by atoms with van der Waals surface area (Å²) in [6, 6.07) is 13.8. The first-order valence-corrected chi connectivity index (χ1v) is 7.88. The lowest BCUT2D eigenvalue weighted by Gasteiger charge is -2.06. The molecule has 3 nitrogen and oxygen atoms in total. The van der Waals surface area contributed by atoms with Gasteiger partial charge >= 0.3 is 0 Å². The minimum Gasteiger partial charge on any atom is -0.497 e. The standard InChI is InChI=1S/C21H24O3/c1-16(2)11-12-24-19-9-7-17(8-10-19)5-6-18-13-20(22-3)15-21(14-18)23-4/h5-11,13-15H,12H2,1-4H3. The molecule has 3 heteroatoms. The zero-order valence-corrected chi connectivity index (χ0v) is 14.7. The Morgan fingerprint density at radius 1 is 0.792 bits per heavy atom. The first-order valence-electron chi connectivity index (χ1n) is 7.88. The maximum Gasteiger partial charge on any atom is 0.123 e. The Bertz CT molecular complexity index is 686. The SMILES string of the molecule is COc1cc(C=Cc2ccc(OCC=C(C)C)cc2)cc(OC)c1. The highest BCUT2D eigenvalue weighted by atomic mass is 16.5. The lowest BCUT2D eigenvalue weighted by molar-refractivity contribution is 0.362. The van der Waals surface area contributed by atoms with E-state index in [-0.39, 0.29) is 0 Å². The van der Waals surface area contributed by atoms with Crippen LogP contribution in [0.3, 0.4) is 0 Å². The van der Waals surface area contributed by atoms with E-state index in [1.807, 2.05) is 54.6 Å². The van der Waals surface area contributed by atoms with Gasteiger partial charge in [0.15, 0.2) is 0 Å². The molecule has 2 rings (SSSR count). The molecule has 0 saturated heterocycles. The summed E-state index contributed by atoms with van der Waals surface area (Å²) in [5.41, 5.74) is 3.38. The molecule has 0 spiro atoms. The summed E-state index contributed by atoms with van der Waals surface area (Å²) < 4.78 is 16.2. The lowest BCUT2D eigenvalue weighted by Crippen LogP contribution is -1.93. The average Bonchev–Trinajstić information content (AvgIpc) is 2.60. The van der Waals surface area contributed by atoms with E-state index >= 15 is 0 Å². The Labute approximate surface area is 144 Å². The molecule has 0 atom stereocenters. The number of ether oxygens (including phenoxy) is 3. The molecular weight excluding hydrogens is 300 g/mol. The van der Waals surface area contributed by atoms with Gasteiger partial charge in [-0.3, -0.25) is 0 Å². The van der Waals surface area contributed by atoms with Crippen LogP contribution in [0.15, 0.2) is 54.1 Å². The van der Waals surface area contributed by atoms with Crippen LogP contribution in [0.25, 0.3) is 12.2 Å². The van der Waals surface area contributed by atoms with Crippen LogP contribution in [0.1, 0.15) is 25.0 Å². The molecule has 0 saturated carbocycles. The van der Waals surface area contributed by atoms with Crippen LogP contribution in [-0.2, 0) is 0 Å². The highest BCUT2D eigenvalue weighted by molar-refractivity contribution is 5.71. The van der Waals surface area contributed by atoms with Crippen LogP contribution in [0.5, 0.6) is 17.2 Å². The molecule has 0 fully saturated rings. The predicted octanol–water partition coefficient (Wildman–Crippen LogP) is 5.22. The van der Waals surface area contributed by atoms with Crippen molar-refractivity contribution in [1.82, 2.24) is 0 Å². The molecular formula is C21H24O3. The second kappa shape index (κ2) is 8.82. The van der Waals surface area contributed by atoms with Gasteiger partial charge in [0.05, 0.1) is 14.2 Å². The van der Waals surface area contributed by atoms with Crippen LogP contribution >= 0.6 is 0 Å². The van der Waals surface area contributed by atoms with Crippen molar-refractivity contribution in [3.05, 3.63) is 65.2 Å². The predicted molar refractivity (Wildman–Crippen MR) is 99.8 cm³/mol. The maximum absolute atomic E-state index is 5.66. The highest BCUT2D eigenvalue weighted by Crippen LogP contribution is 2.24. The number of benzene rings is 2. The summed E-state index contributed by atoms with van der Waals surface area (Å²) in [7, 11) is 3.30. The first kappa shape index (κ1) is 17.7. The fourth-order valence-electron chi connectivity index (χ4n) is 2.10. The largest absolute Gasteiger partial charge is 0.497 e. The quantitative estimate of drug-likeness (QED) is 0.516. The van der Waals surface area contributed by atoms with E-state index in [0.717, 1.165) is 28.4 Å². The van der Waals surface area contributed by atoms with E-state index < -0.39 is 0 Å². The van der Waals surface area contributed by atoms with Crippen molar-refractivity contribution in [1.29, 1.82) is 0 Å². The van der Waals surface area contributed by atoms with Gasteiger partial charge in [-0.1, -0.05) is 29.9 Å². The van der Waals surface area contributed by atoms with Crippen molar-refractivity contribution < 1.29 is 14.2 Å². The van der Waals surface area contributed by atoms with Crippen molar-refractivity contribution in [2.24, 2.45) is 0 Å². The molecule has 0 heterocycles. The van der Waals surface area contributed by atoms with E-state index in [9.17, 15) is 0 Å². The van der Waals surface area contributed by atoms with Gasteiger partial charge in [-0.2, -0.15) is 0 Å². The Kier molecular flexibility index (Phi) is 6.50. The van der Waals surface area contributed by atoms with Crippen molar-refractivity contribution in [2.45, 2.75) is 13.8 Å². The third-order valence-corrected chi connectivity index (χ3v) is 3.46. The smallest absolute Gasteiger partial charge is 0.123 e. The fraction of sp³-hybridized carbons (Fsp3) is 0.238. The molecule has 0 amide bonds. The topological polar surface area (TPSA) is 27.7 Å². The molecule has 2 aromatic rings. The zero-order chi connectivity index (χ0) is 17.4. The minimum atomic E-state index is 0.598. The molecule has 0 aromatic heterocycles. The van der Waals surface area contributed by atoms with Crippen molar-refractivity contribution >= 4 is 12.2 Å². The molecule has 2 aromatic carbocycles. The van der Waals surface area contributed by atoms with Crippen LogP contribution < -0.4 is 14.2 Å². The van der Waals surface area contributed by atoms with Gasteiger partial charge in [0.2, 0.25) is 0 Å². The normalized spacial score (nSPS) is 10.5. The van der Waals surface area contributed by atoms with Crippen LogP contribution in [0, 0.1) is 0 Å². The van der Waals surface area contributed by atoms with E-state index in [1.165, 1.54) is 5.57 Å². The number of methoxy groups -OCH3 is 2. The molecule has 0 N–H and O–H groups in total. The molecule has 0 radical (unpaired) electrons. The third-order valence-electron chi connectivity index (χ3n) is 3.46. The maximum atomic E-state index is 5.66. The van der Waals surface area contributed by atoms with Gasteiger partial charge in [0.25, 0.3) is 0 Å². The third kappa shape index (κ3) is 5.51. The summed E-state index contributed by atoms with van der Waals surface area (Å²) in [4.78, 5) is 0. The number of rotatable bonds is 7. The second-order valence-corrected chi connectivity index (χ2v) is 5.64. The Morgan fingerprint density at radius 3 is 1.92 bits per heavy atom. The minimum absolute atomic E-state index is 0.598. The molecule has 126 valence electrons. The van der Waals surface area contributed by atoms with E-state index in [1.54, 1.807) is 14.2 Å². The molecule has 0 aliphatic rings. The van der Waals surface area contributed by atoms with Gasteiger partial charge in [-0.05, 0) is 55.3 Å². The van der Waals surface area contributed by atoms with Crippen molar-refractivity contribution in [3.8, 4) is 17.2 Å². The Balaban J connectivity index is 2.05. The van der Waals surface area contributed by atoms with Crippen LogP contribution in [0.2, 0.25) is 0 Å². The van der Waals surface area contributed by atoms with Crippen molar-refractivity contribution in [2.75, 3.05) is 20.8 Å². The highest BCUT2D eigenvalue weighted by Gasteiger charge is 1.99. The van der Waals surface area contributed by atoms with E-state index in [2.05, 4.69) is 19.9 Å². The average molecular weight is 324 g/mol. The van der Waals surface area contributed by atoms with Gasteiger partial charge in [0, 0.05) is 6.07 Å².